The second-order valence-electron chi connectivity index (χ2n) is 4.55. The monoisotopic (exact) mass is 295 g/mol. The summed E-state index contributed by atoms with van der Waals surface area (Å²) in [6.45, 7) is 4.66. The summed E-state index contributed by atoms with van der Waals surface area (Å²) in [6.07, 6.45) is 0. The van der Waals surface area contributed by atoms with Crippen LogP contribution in [0.15, 0.2) is 29.2 Å². The highest BCUT2D eigenvalue weighted by atomic mass is 32.2. The SMILES string of the molecule is CC(C)NC(=O)CSc1ccccc1C(=O)NCCN. The number of benzene rings is 1. The van der Waals surface area contributed by atoms with Crippen LogP contribution >= 0.6 is 11.8 Å². The molecule has 0 atom stereocenters. The topological polar surface area (TPSA) is 84.2 Å². The van der Waals surface area contributed by atoms with Gasteiger partial charge in [-0.25, -0.2) is 0 Å². The maximum Gasteiger partial charge on any atom is 0.252 e. The minimum atomic E-state index is -0.164. The average Bonchev–Trinajstić information content (AvgIpc) is 2.42. The zero-order valence-electron chi connectivity index (χ0n) is 11.8. The van der Waals surface area contributed by atoms with E-state index in [1.807, 2.05) is 26.0 Å². The van der Waals surface area contributed by atoms with E-state index in [-0.39, 0.29) is 17.9 Å². The molecular formula is C14H21N3O2S. The summed E-state index contributed by atoms with van der Waals surface area (Å²) in [5, 5.41) is 5.55. The summed E-state index contributed by atoms with van der Waals surface area (Å²) < 4.78 is 0. The van der Waals surface area contributed by atoms with Gasteiger partial charge in [0, 0.05) is 24.0 Å². The third-order valence-electron chi connectivity index (χ3n) is 2.37. The summed E-state index contributed by atoms with van der Waals surface area (Å²) in [6, 6.07) is 7.35. The first-order valence-electron chi connectivity index (χ1n) is 6.54. The van der Waals surface area contributed by atoms with E-state index in [0.717, 1.165) is 4.90 Å². The Morgan fingerprint density at radius 3 is 2.65 bits per heavy atom. The summed E-state index contributed by atoms with van der Waals surface area (Å²) in [5.41, 5.74) is 5.94. The van der Waals surface area contributed by atoms with Crippen molar-refractivity contribution in [3.8, 4) is 0 Å². The summed E-state index contributed by atoms with van der Waals surface area (Å²) in [7, 11) is 0. The molecule has 0 heterocycles. The molecule has 0 aliphatic rings. The summed E-state index contributed by atoms with van der Waals surface area (Å²) >= 11 is 1.35. The molecule has 0 aliphatic carbocycles. The smallest absolute Gasteiger partial charge is 0.252 e. The molecule has 1 aromatic rings. The Morgan fingerprint density at radius 2 is 2.00 bits per heavy atom. The van der Waals surface area contributed by atoms with E-state index in [2.05, 4.69) is 10.6 Å². The number of thioether (sulfide) groups is 1. The normalized spacial score (nSPS) is 10.4. The molecule has 110 valence electrons. The Balaban J connectivity index is 2.66. The van der Waals surface area contributed by atoms with Crippen molar-refractivity contribution < 1.29 is 9.59 Å². The first kappa shape index (κ1) is 16.5. The summed E-state index contributed by atoms with van der Waals surface area (Å²) in [5.74, 6) is 0.0873. The second kappa shape index (κ2) is 8.60. The van der Waals surface area contributed by atoms with Crippen LogP contribution < -0.4 is 16.4 Å². The standard InChI is InChI=1S/C14H21N3O2S/c1-10(2)17-13(18)9-20-12-6-4-3-5-11(12)14(19)16-8-7-15/h3-6,10H,7-9,15H2,1-2H3,(H,16,19)(H,17,18). The largest absolute Gasteiger partial charge is 0.353 e. The Kier molecular flexibility index (Phi) is 7.11. The first-order valence-corrected chi connectivity index (χ1v) is 7.52. The molecule has 0 bridgehead atoms. The highest BCUT2D eigenvalue weighted by Gasteiger charge is 2.12. The van der Waals surface area contributed by atoms with Crippen molar-refractivity contribution in [2.24, 2.45) is 5.73 Å². The van der Waals surface area contributed by atoms with Crippen molar-refractivity contribution in [2.75, 3.05) is 18.8 Å². The van der Waals surface area contributed by atoms with Crippen molar-refractivity contribution >= 4 is 23.6 Å². The molecule has 1 aromatic carbocycles. The van der Waals surface area contributed by atoms with Gasteiger partial charge in [0.2, 0.25) is 5.91 Å². The van der Waals surface area contributed by atoms with E-state index in [9.17, 15) is 9.59 Å². The van der Waals surface area contributed by atoms with Gasteiger partial charge in [0.25, 0.3) is 5.91 Å². The summed E-state index contributed by atoms with van der Waals surface area (Å²) in [4.78, 5) is 24.4. The van der Waals surface area contributed by atoms with Gasteiger partial charge in [-0.1, -0.05) is 12.1 Å². The Bertz CT molecular complexity index is 463. The average molecular weight is 295 g/mol. The van der Waals surface area contributed by atoms with Crippen LogP contribution in [0.1, 0.15) is 24.2 Å². The van der Waals surface area contributed by atoms with Crippen molar-refractivity contribution in [1.29, 1.82) is 0 Å². The maximum atomic E-state index is 12.0. The van der Waals surface area contributed by atoms with E-state index in [1.54, 1.807) is 12.1 Å². The van der Waals surface area contributed by atoms with Crippen LogP contribution in [0.25, 0.3) is 0 Å². The third kappa shape index (κ3) is 5.63. The molecule has 4 N–H and O–H groups in total. The van der Waals surface area contributed by atoms with E-state index >= 15 is 0 Å². The molecule has 0 saturated carbocycles. The highest BCUT2D eigenvalue weighted by Crippen LogP contribution is 2.22. The van der Waals surface area contributed by atoms with Gasteiger partial charge in [-0.15, -0.1) is 11.8 Å². The Hall–Kier alpha value is -1.53. The number of rotatable bonds is 7. The van der Waals surface area contributed by atoms with Gasteiger partial charge in [0.05, 0.1) is 11.3 Å². The molecule has 0 fully saturated rings. The lowest BCUT2D eigenvalue weighted by Crippen LogP contribution is -2.31. The molecule has 0 aliphatic heterocycles. The van der Waals surface area contributed by atoms with Gasteiger partial charge >= 0.3 is 0 Å². The third-order valence-corrected chi connectivity index (χ3v) is 3.44. The van der Waals surface area contributed by atoms with E-state index < -0.39 is 0 Å². The van der Waals surface area contributed by atoms with Crippen molar-refractivity contribution in [3.63, 3.8) is 0 Å². The minimum absolute atomic E-state index is 0.0397. The van der Waals surface area contributed by atoms with Crippen LogP contribution in [0.5, 0.6) is 0 Å². The molecule has 2 amide bonds. The van der Waals surface area contributed by atoms with E-state index in [1.165, 1.54) is 11.8 Å². The zero-order chi connectivity index (χ0) is 15.0. The number of amides is 2. The number of hydrogen-bond donors (Lipinski definition) is 3. The molecular weight excluding hydrogens is 274 g/mol. The quantitative estimate of drug-likeness (QED) is 0.655. The predicted octanol–water partition coefficient (Wildman–Crippen LogP) is 0.992. The molecule has 20 heavy (non-hydrogen) atoms. The molecule has 0 radical (unpaired) electrons. The molecule has 0 saturated heterocycles. The van der Waals surface area contributed by atoms with Crippen molar-refractivity contribution in [1.82, 2.24) is 10.6 Å². The van der Waals surface area contributed by atoms with Gasteiger partial charge in [0.15, 0.2) is 0 Å². The highest BCUT2D eigenvalue weighted by molar-refractivity contribution is 8.00. The first-order chi connectivity index (χ1) is 9.54. The molecule has 0 unspecified atom stereocenters. The fourth-order valence-corrected chi connectivity index (χ4v) is 2.43. The lowest BCUT2D eigenvalue weighted by Gasteiger charge is -2.10. The number of nitrogens with one attached hydrogen (secondary N) is 2. The Labute approximate surface area is 123 Å². The van der Waals surface area contributed by atoms with Crippen LogP contribution in [-0.2, 0) is 4.79 Å². The molecule has 1 rings (SSSR count). The molecule has 6 heteroatoms. The second-order valence-corrected chi connectivity index (χ2v) is 5.57. The van der Waals surface area contributed by atoms with Crippen LogP contribution in [0, 0.1) is 0 Å². The van der Waals surface area contributed by atoms with Crippen molar-refractivity contribution in [2.45, 2.75) is 24.8 Å². The lowest BCUT2D eigenvalue weighted by molar-refractivity contribution is -0.119. The van der Waals surface area contributed by atoms with Crippen molar-refractivity contribution in [3.05, 3.63) is 29.8 Å². The number of nitrogens with two attached hydrogens (primary N) is 1. The minimum Gasteiger partial charge on any atom is -0.353 e. The van der Waals surface area contributed by atoms with Gasteiger partial charge in [-0.05, 0) is 26.0 Å². The predicted molar refractivity (Wildman–Crippen MR) is 81.8 cm³/mol. The van der Waals surface area contributed by atoms with Gasteiger partial charge in [0.1, 0.15) is 0 Å². The fraction of sp³-hybridized carbons (Fsp3) is 0.429. The lowest BCUT2D eigenvalue weighted by atomic mass is 10.2. The van der Waals surface area contributed by atoms with Gasteiger partial charge in [-0.2, -0.15) is 0 Å². The van der Waals surface area contributed by atoms with Crippen LogP contribution in [0.4, 0.5) is 0 Å². The molecule has 5 nitrogen and oxygen atoms in total. The van der Waals surface area contributed by atoms with Crippen LogP contribution in [0.2, 0.25) is 0 Å². The number of carbonyl (C=O) groups excluding carboxylic acids is 2. The number of hydrogen-bond acceptors (Lipinski definition) is 4. The molecule has 0 spiro atoms. The zero-order valence-corrected chi connectivity index (χ0v) is 12.6. The Morgan fingerprint density at radius 1 is 1.30 bits per heavy atom. The van der Waals surface area contributed by atoms with Gasteiger partial charge < -0.3 is 16.4 Å². The van der Waals surface area contributed by atoms with E-state index in [0.29, 0.717) is 24.4 Å². The van der Waals surface area contributed by atoms with E-state index in [4.69, 9.17) is 5.73 Å². The number of carbonyl (C=O) groups is 2. The molecule has 0 aromatic heterocycles. The fourth-order valence-electron chi connectivity index (χ4n) is 1.57. The van der Waals surface area contributed by atoms with Gasteiger partial charge in [-0.3, -0.25) is 9.59 Å². The van der Waals surface area contributed by atoms with Crippen LogP contribution in [-0.4, -0.2) is 36.7 Å². The maximum absolute atomic E-state index is 12.0. The van der Waals surface area contributed by atoms with Crippen LogP contribution in [0.3, 0.4) is 0 Å².